The van der Waals surface area contributed by atoms with Crippen LogP contribution in [0.3, 0.4) is 0 Å². The Morgan fingerprint density at radius 3 is 2.80 bits per heavy atom. The number of benzene rings is 1. The van der Waals surface area contributed by atoms with Crippen molar-refractivity contribution in [2.24, 2.45) is 5.92 Å². The third kappa shape index (κ3) is 3.48. The van der Waals surface area contributed by atoms with Crippen LogP contribution in [0.1, 0.15) is 30.8 Å². The van der Waals surface area contributed by atoms with Gasteiger partial charge in [0, 0.05) is 11.0 Å². The first kappa shape index (κ1) is 14.8. The molecule has 0 spiro atoms. The zero-order valence-corrected chi connectivity index (χ0v) is 13.0. The lowest BCUT2D eigenvalue weighted by Gasteiger charge is -2.07. The maximum absolute atomic E-state index is 11.9. The number of fused-ring (bicyclic) bond motifs is 1. The summed E-state index contributed by atoms with van der Waals surface area (Å²) in [7, 11) is 0. The van der Waals surface area contributed by atoms with E-state index in [0.717, 1.165) is 10.9 Å². The molecule has 1 heterocycles. The minimum Gasteiger partial charge on any atom is -0.417 e. The van der Waals surface area contributed by atoms with Crippen LogP contribution in [-0.2, 0) is 0 Å². The fourth-order valence-electron chi connectivity index (χ4n) is 1.83. The van der Waals surface area contributed by atoms with E-state index in [0.29, 0.717) is 23.2 Å². The summed E-state index contributed by atoms with van der Waals surface area (Å²) in [5.74, 6) is 0.206. The topological polar surface area (TPSA) is 59.3 Å². The Morgan fingerprint density at radius 2 is 2.10 bits per heavy atom. The first-order valence-corrected chi connectivity index (χ1v) is 7.28. The first-order valence-electron chi connectivity index (χ1n) is 6.49. The number of rotatable bonds is 4. The summed E-state index contributed by atoms with van der Waals surface area (Å²) in [6.07, 6.45) is 0.885. The van der Waals surface area contributed by atoms with Gasteiger partial charge in [0.1, 0.15) is 0 Å². The van der Waals surface area contributed by atoms with Crippen LogP contribution < -0.4 is 10.9 Å². The van der Waals surface area contributed by atoms with Crippen molar-refractivity contribution in [1.29, 1.82) is 0 Å². The molecule has 0 fully saturated rings. The molecular weight excluding hydrogens is 322 g/mol. The van der Waals surface area contributed by atoms with Crippen LogP contribution in [0.4, 0.5) is 0 Å². The molecule has 0 saturated heterocycles. The van der Waals surface area contributed by atoms with Crippen molar-refractivity contribution in [2.45, 2.75) is 20.3 Å². The van der Waals surface area contributed by atoms with Gasteiger partial charge in [0.05, 0.1) is 5.39 Å². The molecule has 20 heavy (non-hydrogen) atoms. The molecule has 1 aromatic heterocycles. The highest BCUT2D eigenvalue weighted by molar-refractivity contribution is 9.10. The highest BCUT2D eigenvalue weighted by atomic mass is 79.9. The molecule has 5 heteroatoms. The third-order valence-electron chi connectivity index (χ3n) is 2.96. The second-order valence-corrected chi connectivity index (χ2v) is 5.98. The fourth-order valence-corrected chi connectivity index (χ4v) is 2.19. The minimum absolute atomic E-state index is 0.0496. The highest BCUT2D eigenvalue weighted by Gasteiger charge is 2.12. The van der Waals surface area contributed by atoms with Crippen molar-refractivity contribution in [3.8, 4) is 0 Å². The van der Waals surface area contributed by atoms with E-state index in [-0.39, 0.29) is 11.7 Å². The summed E-state index contributed by atoms with van der Waals surface area (Å²) in [6.45, 7) is 4.74. The molecule has 0 unspecified atom stereocenters. The molecule has 106 valence electrons. The Kier molecular flexibility index (Phi) is 4.60. The summed E-state index contributed by atoms with van der Waals surface area (Å²) >= 11 is 3.30. The average Bonchev–Trinajstić information content (AvgIpc) is 2.38. The zero-order chi connectivity index (χ0) is 14.7. The lowest BCUT2D eigenvalue weighted by Crippen LogP contribution is -2.26. The van der Waals surface area contributed by atoms with E-state index in [1.165, 1.54) is 0 Å². The average molecular weight is 338 g/mol. The number of amides is 1. The predicted molar refractivity (Wildman–Crippen MR) is 82.0 cm³/mol. The number of halogens is 1. The van der Waals surface area contributed by atoms with E-state index in [9.17, 15) is 9.59 Å². The second-order valence-electron chi connectivity index (χ2n) is 5.07. The van der Waals surface area contributed by atoms with Gasteiger partial charge in [-0.15, -0.1) is 0 Å². The quantitative estimate of drug-likeness (QED) is 0.930. The number of nitrogens with one attached hydrogen (secondary N) is 1. The van der Waals surface area contributed by atoms with Crippen LogP contribution in [0.2, 0.25) is 0 Å². The molecular formula is C15H16BrNO3. The van der Waals surface area contributed by atoms with E-state index in [1.54, 1.807) is 18.2 Å². The Bertz CT molecular complexity index is 691. The largest absolute Gasteiger partial charge is 0.417 e. The molecule has 0 atom stereocenters. The van der Waals surface area contributed by atoms with Crippen molar-refractivity contribution in [1.82, 2.24) is 5.32 Å². The number of carbonyl (C=O) groups excluding carboxylic acids is 1. The van der Waals surface area contributed by atoms with E-state index in [2.05, 4.69) is 35.1 Å². The molecule has 0 radical (unpaired) electrons. The number of hydrogen-bond donors (Lipinski definition) is 1. The van der Waals surface area contributed by atoms with Crippen LogP contribution in [0.15, 0.2) is 37.9 Å². The Balaban J connectivity index is 2.25. The van der Waals surface area contributed by atoms with Gasteiger partial charge in [0.2, 0.25) is 0 Å². The van der Waals surface area contributed by atoms with Crippen molar-refractivity contribution in [2.75, 3.05) is 6.54 Å². The second kappa shape index (κ2) is 6.22. The molecule has 1 amide bonds. The SMILES string of the molecule is CC(C)CCNC(=O)c1cc2ccc(Br)cc2c(=O)o1. The van der Waals surface area contributed by atoms with Crippen molar-refractivity contribution < 1.29 is 9.21 Å². The normalized spacial score (nSPS) is 11.0. The third-order valence-corrected chi connectivity index (χ3v) is 3.45. The van der Waals surface area contributed by atoms with Gasteiger partial charge in [-0.25, -0.2) is 4.79 Å². The maximum Gasteiger partial charge on any atom is 0.344 e. The lowest BCUT2D eigenvalue weighted by atomic mass is 10.1. The van der Waals surface area contributed by atoms with E-state index in [1.807, 2.05) is 6.07 Å². The van der Waals surface area contributed by atoms with Gasteiger partial charge in [-0.2, -0.15) is 0 Å². The lowest BCUT2D eigenvalue weighted by molar-refractivity contribution is 0.0920. The number of hydrogen-bond acceptors (Lipinski definition) is 3. The smallest absolute Gasteiger partial charge is 0.344 e. The summed E-state index contributed by atoms with van der Waals surface area (Å²) in [6, 6.07) is 6.87. The van der Waals surface area contributed by atoms with Crippen LogP contribution in [-0.4, -0.2) is 12.5 Å². The highest BCUT2D eigenvalue weighted by Crippen LogP contribution is 2.18. The van der Waals surface area contributed by atoms with Crippen molar-refractivity contribution in [3.05, 3.63) is 44.9 Å². The summed E-state index contributed by atoms with van der Waals surface area (Å²) in [5.41, 5.74) is -0.502. The van der Waals surface area contributed by atoms with Crippen molar-refractivity contribution >= 4 is 32.6 Å². The van der Waals surface area contributed by atoms with E-state index >= 15 is 0 Å². The summed E-state index contributed by atoms with van der Waals surface area (Å²) in [5, 5.41) is 3.90. The van der Waals surface area contributed by atoms with E-state index in [4.69, 9.17) is 4.42 Å². The van der Waals surface area contributed by atoms with Gasteiger partial charge in [0.25, 0.3) is 5.91 Å². The standard InChI is InChI=1S/C15H16BrNO3/c1-9(2)5-6-17-14(18)13-7-10-3-4-11(16)8-12(10)15(19)20-13/h3-4,7-9H,5-6H2,1-2H3,(H,17,18). The van der Waals surface area contributed by atoms with E-state index < -0.39 is 5.63 Å². The Labute approximate surface area is 125 Å². The molecule has 4 nitrogen and oxygen atoms in total. The van der Waals surface area contributed by atoms with Gasteiger partial charge >= 0.3 is 5.63 Å². The van der Waals surface area contributed by atoms with Crippen LogP contribution in [0.25, 0.3) is 10.8 Å². The fraction of sp³-hybridized carbons (Fsp3) is 0.333. The van der Waals surface area contributed by atoms with Crippen molar-refractivity contribution in [3.63, 3.8) is 0 Å². The molecule has 2 aromatic rings. The predicted octanol–water partition coefficient (Wildman–Crippen LogP) is 3.33. The summed E-state index contributed by atoms with van der Waals surface area (Å²) < 4.78 is 5.87. The summed E-state index contributed by atoms with van der Waals surface area (Å²) in [4.78, 5) is 23.8. The Hall–Kier alpha value is -1.62. The van der Waals surface area contributed by atoms with Gasteiger partial charge in [0.15, 0.2) is 5.76 Å². The number of carbonyl (C=O) groups is 1. The molecule has 1 aromatic carbocycles. The molecule has 1 N–H and O–H groups in total. The van der Waals surface area contributed by atoms with Gasteiger partial charge in [-0.05, 0) is 35.9 Å². The van der Waals surface area contributed by atoms with Gasteiger partial charge in [-0.1, -0.05) is 35.8 Å². The molecule has 0 saturated carbocycles. The van der Waals surface area contributed by atoms with Gasteiger partial charge in [-0.3, -0.25) is 4.79 Å². The zero-order valence-electron chi connectivity index (χ0n) is 11.4. The van der Waals surface area contributed by atoms with Crippen LogP contribution in [0, 0.1) is 5.92 Å². The molecule has 2 rings (SSSR count). The van der Waals surface area contributed by atoms with Crippen LogP contribution in [0.5, 0.6) is 0 Å². The van der Waals surface area contributed by atoms with Gasteiger partial charge < -0.3 is 9.73 Å². The Morgan fingerprint density at radius 1 is 1.35 bits per heavy atom. The molecule has 0 aliphatic rings. The minimum atomic E-state index is -0.502. The maximum atomic E-state index is 11.9. The van der Waals surface area contributed by atoms with Crippen LogP contribution >= 0.6 is 15.9 Å². The molecule has 0 aliphatic heterocycles. The molecule has 0 bridgehead atoms. The first-order chi connectivity index (χ1) is 9.47. The monoisotopic (exact) mass is 337 g/mol. The molecule has 0 aliphatic carbocycles.